The summed E-state index contributed by atoms with van der Waals surface area (Å²) in [4.78, 5) is 11.8. The number of carbonyl (C=O) groups is 1. The number of aryl methyl sites for hydroxylation is 1. The van der Waals surface area contributed by atoms with Gasteiger partial charge >= 0.3 is 0 Å². The van der Waals surface area contributed by atoms with Crippen molar-refractivity contribution in [3.05, 3.63) is 17.6 Å². The van der Waals surface area contributed by atoms with E-state index in [4.69, 9.17) is 9.56 Å². The standard InChI is InChI=1S/C13H21N3O4S/c1-9-12(21(14,18)19)7-11(20-9)13(17)16-6-4-10-3-2-5-15-8-10/h7,10,15H,2-6,8H2,1H3,(H,16,17)(H2,14,18,19). The minimum atomic E-state index is -3.87. The molecular formula is C13H21N3O4S. The minimum absolute atomic E-state index is 0.0294. The van der Waals surface area contributed by atoms with Gasteiger partial charge in [-0.15, -0.1) is 0 Å². The van der Waals surface area contributed by atoms with Gasteiger partial charge in [0.1, 0.15) is 10.7 Å². The normalized spacial score (nSPS) is 19.4. The van der Waals surface area contributed by atoms with Gasteiger partial charge in [-0.3, -0.25) is 4.79 Å². The number of sulfonamides is 1. The molecule has 0 aliphatic carbocycles. The van der Waals surface area contributed by atoms with Crippen molar-refractivity contribution in [1.29, 1.82) is 0 Å². The van der Waals surface area contributed by atoms with Crippen LogP contribution in [-0.4, -0.2) is 34.0 Å². The Hall–Kier alpha value is -1.38. The number of primary sulfonamides is 1. The van der Waals surface area contributed by atoms with Crippen LogP contribution in [0.5, 0.6) is 0 Å². The summed E-state index contributed by atoms with van der Waals surface area (Å²) >= 11 is 0. The lowest BCUT2D eigenvalue weighted by molar-refractivity contribution is 0.0921. The van der Waals surface area contributed by atoms with E-state index in [-0.39, 0.29) is 16.4 Å². The molecule has 1 amide bonds. The van der Waals surface area contributed by atoms with Crippen molar-refractivity contribution in [3.8, 4) is 0 Å². The van der Waals surface area contributed by atoms with Gasteiger partial charge in [0.25, 0.3) is 5.91 Å². The quantitative estimate of drug-likeness (QED) is 0.725. The first-order valence-corrected chi connectivity index (χ1v) is 8.54. The van der Waals surface area contributed by atoms with Crippen LogP contribution in [0.2, 0.25) is 0 Å². The number of hydrogen-bond donors (Lipinski definition) is 3. The van der Waals surface area contributed by atoms with Gasteiger partial charge in [0.2, 0.25) is 10.0 Å². The van der Waals surface area contributed by atoms with E-state index in [1.807, 2.05) is 0 Å². The van der Waals surface area contributed by atoms with Gasteiger partial charge in [-0.2, -0.15) is 0 Å². The van der Waals surface area contributed by atoms with Crippen molar-refractivity contribution in [2.24, 2.45) is 11.1 Å². The largest absolute Gasteiger partial charge is 0.455 e. The molecule has 1 saturated heterocycles. The van der Waals surface area contributed by atoms with Crippen molar-refractivity contribution in [3.63, 3.8) is 0 Å². The molecule has 1 fully saturated rings. The van der Waals surface area contributed by atoms with Crippen LogP contribution in [0.4, 0.5) is 0 Å². The van der Waals surface area contributed by atoms with Crippen molar-refractivity contribution < 1.29 is 17.6 Å². The molecule has 0 bridgehead atoms. The Bertz CT molecular complexity index is 603. The van der Waals surface area contributed by atoms with Gasteiger partial charge in [-0.25, -0.2) is 13.6 Å². The fraction of sp³-hybridized carbons (Fsp3) is 0.615. The topological polar surface area (TPSA) is 114 Å². The molecule has 2 heterocycles. The number of nitrogens with two attached hydrogens (primary N) is 1. The lowest BCUT2D eigenvalue weighted by Crippen LogP contribution is -2.33. The summed E-state index contributed by atoms with van der Waals surface area (Å²) in [6.45, 7) is 4.04. The first-order chi connectivity index (χ1) is 9.88. The number of hydrogen-bond acceptors (Lipinski definition) is 5. The van der Waals surface area contributed by atoms with Gasteiger partial charge in [0.05, 0.1) is 0 Å². The highest BCUT2D eigenvalue weighted by atomic mass is 32.2. The van der Waals surface area contributed by atoms with Crippen LogP contribution in [0.25, 0.3) is 0 Å². The Morgan fingerprint density at radius 2 is 2.33 bits per heavy atom. The number of nitrogens with one attached hydrogen (secondary N) is 2. The summed E-state index contributed by atoms with van der Waals surface area (Å²) in [5.74, 6) is 0.242. The lowest BCUT2D eigenvalue weighted by atomic mass is 9.96. The van der Waals surface area contributed by atoms with Crippen LogP contribution in [0.15, 0.2) is 15.4 Å². The molecule has 7 nitrogen and oxygen atoms in total. The fourth-order valence-corrected chi connectivity index (χ4v) is 3.22. The van der Waals surface area contributed by atoms with Gasteiger partial charge in [0, 0.05) is 12.6 Å². The Labute approximate surface area is 124 Å². The summed E-state index contributed by atoms with van der Waals surface area (Å²) < 4.78 is 27.7. The van der Waals surface area contributed by atoms with Crippen LogP contribution in [0, 0.1) is 12.8 Å². The molecule has 1 atom stereocenters. The highest BCUT2D eigenvalue weighted by Crippen LogP contribution is 2.18. The molecule has 1 aliphatic heterocycles. The molecule has 0 aromatic carbocycles. The van der Waals surface area contributed by atoms with E-state index < -0.39 is 15.9 Å². The smallest absolute Gasteiger partial charge is 0.287 e. The van der Waals surface area contributed by atoms with Crippen LogP contribution in [-0.2, 0) is 10.0 Å². The third-order valence-corrected chi connectivity index (χ3v) is 4.66. The predicted octanol–water partition coefficient (Wildman–Crippen LogP) is 0.355. The summed E-state index contributed by atoms with van der Waals surface area (Å²) in [6.07, 6.45) is 3.21. The molecule has 0 spiro atoms. The summed E-state index contributed by atoms with van der Waals surface area (Å²) in [5, 5.41) is 11.1. The van der Waals surface area contributed by atoms with Crippen molar-refractivity contribution >= 4 is 15.9 Å². The maximum absolute atomic E-state index is 11.9. The van der Waals surface area contributed by atoms with E-state index in [9.17, 15) is 13.2 Å². The number of furan rings is 1. The second-order valence-corrected chi connectivity index (χ2v) is 6.86. The maximum atomic E-state index is 11.9. The van der Waals surface area contributed by atoms with Gasteiger partial charge < -0.3 is 15.1 Å². The van der Waals surface area contributed by atoms with E-state index in [1.165, 1.54) is 13.0 Å². The second kappa shape index (κ2) is 6.59. The minimum Gasteiger partial charge on any atom is -0.455 e. The molecule has 2 rings (SSSR count). The van der Waals surface area contributed by atoms with Gasteiger partial charge in [-0.1, -0.05) is 0 Å². The molecule has 1 aromatic rings. The third-order valence-electron chi connectivity index (χ3n) is 3.64. The Kier molecular flexibility index (Phi) is 5.02. The first kappa shape index (κ1) is 16.0. The van der Waals surface area contributed by atoms with E-state index >= 15 is 0 Å². The average molecular weight is 315 g/mol. The number of rotatable bonds is 5. The second-order valence-electron chi connectivity index (χ2n) is 5.33. The average Bonchev–Trinajstić information content (AvgIpc) is 2.82. The predicted molar refractivity (Wildman–Crippen MR) is 77.4 cm³/mol. The summed E-state index contributed by atoms with van der Waals surface area (Å²) in [5.41, 5.74) is 0. The zero-order valence-electron chi connectivity index (χ0n) is 12.0. The zero-order chi connectivity index (χ0) is 15.5. The third kappa shape index (κ3) is 4.29. The molecule has 118 valence electrons. The molecule has 1 aromatic heterocycles. The SMILES string of the molecule is Cc1oc(C(=O)NCCC2CCCNC2)cc1S(N)(=O)=O. The van der Waals surface area contributed by atoms with Crippen LogP contribution in [0.3, 0.4) is 0 Å². The van der Waals surface area contributed by atoms with E-state index in [1.54, 1.807) is 0 Å². The maximum Gasteiger partial charge on any atom is 0.287 e. The Balaban J connectivity index is 1.88. The van der Waals surface area contributed by atoms with Crippen molar-refractivity contribution in [1.82, 2.24) is 10.6 Å². The van der Waals surface area contributed by atoms with E-state index in [0.29, 0.717) is 12.5 Å². The van der Waals surface area contributed by atoms with Crippen molar-refractivity contribution in [2.45, 2.75) is 31.1 Å². The van der Waals surface area contributed by atoms with Crippen LogP contribution in [0.1, 0.15) is 35.6 Å². The molecule has 1 unspecified atom stereocenters. The Morgan fingerprint density at radius 1 is 1.57 bits per heavy atom. The summed E-state index contributed by atoms with van der Waals surface area (Å²) in [6, 6.07) is 1.17. The molecule has 8 heteroatoms. The number of amides is 1. The van der Waals surface area contributed by atoms with Crippen LogP contribution < -0.4 is 15.8 Å². The number of piperidine rings is 1. The fourth-order valence-electron chi connectivity index (χ4n) is 2.51. The van der Waals surface area contributed by atoms with Gasteiger partial charge in [-0.05, 0) is 45.2 Å². The molecule has 4 N–H and O–H groups in total. The van der Waals surface area contributed by atoms with Gasteiger partial charge in [0.15, 0.2) is 5.76 Å². The van der Waals surface area contributed by atoms with Crippen molar-refractivity contribution in [2.75, 3.05) is 19.6 Å². The zero-order valence-corrected chi connectivity index (χ0v) is 12.8. The molecule has 21 heavy (non-hydrogen) atoms. The highest BCUT2D eigenvalue weighted by molar-refractivity contribution is 7.89. The molecule has 1 aliphatic rings. The summed E-state index contributed by atoms with van der Waals surface area (Å²) in [7, 11) is -3.87. The van der Waals surface area contributed by atoms with Crippen LogP contribution >= 0.6 is 0 Å². The van der Waals surface area contributed by atoms with E-state index in [0.717, 1.165) is 32.4 Å². The highest BCUT2D eigenvalue weighted by Gasteiger charge is 2.21. The van der Waals surface area contributed by atoms with E-state index in [2.05, 4.69) is 10.6 Å². The lowest BCUT2D eigenvalue weighted by Gasteiger charge is -2.22. The first-order valence-electron chi connectivity index (χ1n) is 7.00. The number of carbonyl (C=O) groups excluding carboxylic acids is 1. The molecule has 0 radical (unpaired) electrons. The molecular weight excluding hydrogens is 294 g/mol. The molecule has 0 saturated carbocycles. The Morgan fingerprint density at radius 3 is 2.90 bits per heavy atom. The monoisotopic (exact) mass is 315 g/mol.